The first kappa shape index (κ1) is 8.56. The van der Waals surface area contributed by atoms with Crippen molar-refractivity contribution in [2.45, 2.75) is 0 Å². The first-order chi connectivity index (χ1) is 6.84. The van der Waals surface area contributed by atoms with Gasteiger partial charge in [-0.1, -0.05) is 18.2 Å². The van der Waals surface area contributed by atoms with Crippen LogP contribution in [-0.4, -0.2) is 10.1 Å². The number of aromatic hydroxyl groups is 1. The molecule has 2 aromatic rings. The summed E-state index contributed by atoms with van der Waals surface area (Å²) in [5.74, 6) is 0.0209. The Morgan fingerprint density at radius 1 is 1.21 bits per heavy atom. The number of para-hydroxylation sites is 1. The Bertz CT molecular complexity index is 397. The maximum absolute atomic E-state index is 8.98. The minimum atomic E-state index is 0.0209. The summed E-state index contributed by atoms with van der Waals surface area (Å²) in [5.41, 5.74) is 1.70. The zero-order valence-electron chi connectivity index (χ0n) is 7.44. The Hall–Kier alpha value is -2.03. The molecule has 2 rings (SSSR count). The lowest BCUT2D eigenvalue weighted by molar-refractivity contribution is 0.453. The molecule has 0 bridgehead atoms. The first-order valence-electron chi connectivity index (χ1n) is 4.23. The van der Waals surface area contributed by atoms with E-state index in [4.69, 9.17) is 5.11 Å². The monoisotopic (exact) mass is 185 g/mol. The Balaban J connectivity index is 2.16. The van der Waals surface area contributed by atoms with Crippen LogP contribution < -0.4 is 5.32 Å². The number of anilines is 2. The van der Waals surface area contributed by atoms with Crippen molar-refractivity contribution < 1.29 is 5.11 Å². The van der Waals surface area contributed by atoms with Crippen molar-refractivity contribution in [3.05, 3.63) is 48.7 Å². The summed E-state index contributed by atoms with van der Waals surface area (Å²) in [5, 5.41) is 12.1. The zero-order chi connectivity index (χ0) is 9.80. The number of nitrogens with one attached hydrogen (secondary N) is 1. The molecular formula is C11H9N2O. The molecule has 14 heavy (non-hydrogen) atoms. The number of benzene rings is 1. The van der Waals surface area contributed by atoms with Gasteiger partial charge in [0.2, 0.25) is 5.88 Å². The van der Waals surface area contributed by atoms with Crippen molar-refractivity contribution in [3.63, 3.8) is 0 Å². The highest BCUT2D eigenvalue weighted by Crippen LogP contribution is 2.15. The van der Waals surface area contributed by atoms with Crippen LogP contribution >= 0.6 is 0 Å². The molecule has 0 amide bonds. The molecule has 1 aromatic carbocycles. The quantitative estimate of drug-likeness (QED) is 0.754. The SMILES string of the molecule is Oc1ccc(Nc2[c]cccc2)cn1. The highest BCUT2D eigenvalue weighted by molar-refractivity contribution is 5.57. The zero-order valence-corrected chi connectivity index (χ0v) is 7.44. The van der Waals surface area contributed by atoms with E-state index in [2.05, 4.69) is 16.4 Å². The van der Waals surface area contributed by atoms with Crippen molar-refractivity contribution in [1.82, 2.24) is 4.98 Å². The van der Waals surface area contributed by atoms with Crippen LogP contribution in [0.2, 0.25) is 0 Å². The molecule has 0 saturated heterocycles. The van der Waals surface area contributed by atoms with Crippen molar-refractivity contribution in [3.8, 4) is 5.88 Å². The van der Waals surface area contributed by atoms with Crippen molar-refractivity contribution >= 4 is 11.4 Å². The van der Waals surface area contributed by atoms with Gasteiger partial charge < -0.3 is 10.4 Å². The molecule has 0 saturated carbocycles. The van der Waals surface area contributed by atoms with Gasteiger partial charge in [0.15, 0.2) is 0 Å². The van der Waals surface area contributed by atoms with Crippen LogP contribution in [-0.2, 0) is 0 Å². The third-order valence-corrected chi connectivity index (χ3v) is 1.74. The Labute approximate surface area is 82.1 Å². The molecule has 1 heterocycles. The summed E-state index contributed by atoms with van der Waals surface area (Å²) in [7, 11) is 0. The molecule has 0 fully saturated rings. The summed E-state index contributed by atoms with van der Waals surface area (Å²) in [6, 6.07) is 13.9. The second-order valence-electron chi connectivity index (χ2n) is 2.81. The van der Waals surface area contributed by atoms with Crippen LogP contribution in [0.25, 0.3) is 0 Å². The van der Waals surface area contributed by atoms with Gasteiger partial charge >= 0.3 is 0 Å². The molecule has 69 valence electrons. The predicted molar refractivity (Wildman–Crippen MR) is 54.5 cm³/mol. The van der Waals surface area contributed by atoms with Crippen LogP contribution in [0.5, 0.6) is 5.88 Å². The van der Waals surface area contributed by atoms with Crippen LogP contribution in [0, 0.1) is 6.07 Å². The standard InChI is InChI=1S/C11H9N2O/c14-11-7-6-10(8-12-11)13-9-4-2-1-3-5-9/h1-4,6-8,13H,(H,12,14). The van der Waals surface area contributed by atoms with E-state index in [0.717, 1.165) is 11.4 Å². The van der Waals surface area contributed by atoms with E-state index >= 15 is 0 Å². The summed E-state index contributed by atoms with van der Waals surface area (Å²) in [6.45, 7) is 0. The number of rotatable bonds is 2. The largest absolute Gasteiger partial charge is 0.493 e. The fourth-order valence-electron chi connectivity index (χ4n) is 1.09. The number of nitrogens with zero attached hydrogens (tertiary/aromatic N) is 1. The third kappa shape index (κ3) is 2.01. The van der Waals surface area contributed by atoms with Crippen LogP contribution in [0.4, 0.5) is 11.4 Å². The first-order valence-corrected chi connectivity index (χ1v) is 4.23. The molecule has 3 nitrogen and oxygen atoms in total. The van der Waals surface area contributed by atoms with Gasteiger partial charge in [-0.3, -0.25) is 0 Å². The molecule has 0 aliphatic carbocycles. The molecule has 0 unspecified atom stereocenters. The van der Waals surface area contributed by atoms with Gasteiger partial charge in [-0.25, -0.2) is 4.98 Å². The molecule has 3 heteroatoms. The Kier molecular flexibility index (Phi) is 2.32. The van der Waals surface area contributed by atoms with E-state index in [0.29, 0.717) is 0 Å². The molecular weight excluding hydrogens is 176 g/mol. The van der Waals surface area contributed by atoms with Gasteiger partial charge in [-0.05, 0) is 12.1 Å². The lowest BCUT2D eigenvalue weighted by Crippen LogP contribution is -1.89. The lowest BCUT2D eigenvalue weighted by atomic mass is 10.3. The maximum Gasteiger partial charge on any atom is 0.210 e. The smallest absolute Gasteiger partial charge is 0.210 e. The average Bonchev–Trinajstić information content (AvgIpc) is 2.23. The van der Waals surface area contributed by atoms with Crippen LogP contribution in [0.3, 0.4) is 0 Å². The van der Waals surface area contributed by atoms with E-state index < -0.39 is 0 Å². The molecule has 0 spiro atoms. The van der Waals surface area contributed by atoms with Gasteiger partial charge in [0.1, 0.15) is 0 Å². The summed E-state index contributed by atoms with van der Waals surface area (Å²) < 4.78 is 0. The van der Waals surface area contributed by atoms with Crippen molar-refractivity contribution in [1.29, 1.82) is 0 Å². The number of hydrogen-bond acceptors (Lipinski definition) is 3. The third-order valence-electron chi connectivity index (χ3n) is 1.74. The fourth-order valence-corrected chi connectivity index (χ4v) is 1.09. The normalized spacial score (nSPS) is 9.71. The van der Waals surface area contributed by atoms with Gasteiger partial charge in [-0.15, -0.1) is 0 Å². The molecule has 0 aliphatic rings. The highest BCUT2D eigenvalue weighted by atomic mass is 16.3. The summed E-state index contributed by atoms with van der Waals surface area (Å²) in [4.78, 5) is 3.75. The second-order valence-corrected chi connectivity index (χ2v) is 2.81. The number of pyridine rings is 1. The molecule has 0 aliphatic heterocycles. The molecule has 1 radical (unpaired) electrons. The summed E-state index contributed by atoms with van der Waals surface area (Å²) >= 11 is 0. The van der Waals surface area contributed by atoms with Gasteiger partial charge in [0, 0.05) is 17.8 Å². The minimum absolute atomic E-state index is 0.0209. The van der Waals surface area contributed by atoms with E-state index in [-0.39, 0.29) is 5.88 Å². The minimum Gasteiger partial charge on any atom is -0.493 e. The second kappa shape index (κ2) is 3.79. The van der Waals surface area contributed by atoms with E-state index in [1.807, 2.05) is 24.3 Å². The maximum atomic E-state index is 8.98. The molecule has 0 atom stereocenters. The molecule has 1 aromatic heterocycles. The lowest BCUT2D eigenvalue weighted by Gasteiger charge is -2.04. The number of hydrogen-bond donors (Lipinski definition) is 2. The Morgan fingerprint density at radius 3 is 2.79 bits per heavy atom. The average molecular weight is 185 g/mol. The van der Waals surface area contributed by atoms with Crippen LogP contribution in [0.15, 0.2) is 42.6 Å². The van der Waals surface area contributed by atoms with Gasteiger partial charge in [-0.2, -0.15) is 0 Å². The van der Waals surface area contributed by atoms with Gasteiger partial charge in [0.05, 0.1) is 11.9 Å². The Morgan fingerprint density at radius 2 is 2.14 bits per heavy atom. The van der Waals surface area contributed by atoms with Crippen molar-refractivity contribution in [2.75, 3.05) is 5.32 Å². The summed E-state index contributed by atoms with van der Waals surface area (Å²) in [6.07, 6.45) is 1.57. The molecule has 2 N–H and O–H groups in total. The fraction of sp³-hybridized carbons (Fsp3) is 0. The van der Waals surface area contributed by atoms with E-state index in [1.54, 1.807) is 12.3 Å². The van der Waals surface area contributed by atoms with E-state index in [1.165, 1.54) is 6.07 Å². The number of aromatic nitrogens is 1. The van der Waals surface area contributed by atoms with Gasteiger partial charge in [0.25, 0.3) is 0 Å². The predicted octanol–water partition coefficient (Wildman–Crippen LogP) is 2.33. The van der Waals surface area contributed by atoms with Crippen molar-refractivity contribution in [2.24, 2.45) is 0 Å². The van der Waals surface area contributed by atoms with Crippen LogP contribution in [0.1, 0.15) is 0 Å². The highest BCUT2D eigenvalue weighted by Gasteiger charge is 1.94. The van der Waals surface area contributed by atoms with E-state index in [9.17, 15) is 0 Å². The topological polar surface area (TPSA) is 45.1 Å².